The molecule has 1 aliphatic carbocycles. The van der Waals surface area contributed by atoms with Crippen LogP contribution in [0.1, 0.15) is 64.2 Å². The molecular formula is C15H28BrN. The van der Waals surface area contributed by atoms with Crippen molar-refractivity contribution < 1.29 is 0 Å². The molecule has 0 amide bonds. The van der Waals surface area contributed by atoms with E-state index in [0.29, 0.717) is 5.41 Å². The topological polar surface area (TPSA) is 3.24 Å². The second-order valence-corrected chi connectivity index (χ2v) is 6.80. The Morgan fingerprint density at radius 3 is 1.88 bits per heavy atom. The van der Waals surface area contributed by atoms with E-state index < -0.39 is 0 Å². The van der Waals surface area contributed by atoms with Crippen molar-refractivity contribution in [2.45, 2.75) is 64.2 Å². The van der Waals surface area contributed by atoms with Gasteiger partial charge in [0.2, 0.25) is 0 Å². The highest BCUT2D eigenvalue weighted by Gasteiger charge is 2.32. The van der Waals surface area contributed by atoms with Crippen molar-refractivity contribution in [1.82, 2.24) is 4.90 Å². The van der Waals surface area contributed by atoms with Gasteiger partial charge in [0.05, 0.1) is 0 Å². The Morgan fingerprint density at radius 1 is 0.765 bits per heavy atom. The number of hydrogen-bond acceptors (Lipinski definition) is 1. The van der Waals surface area contributed by atoms with Gasteiger partial charge in [-0.1, -0.05) is 54.5 Å². The Labute approximate surface area is 115 Å². The molecule has 0 aromatic rings. The second-order valence-electron chi connectivity index (χ2n) is 6.24. The molecule has 100 valence electrons. The van der Waals surface area contributed by atoms with Crippen LogP contribution in [-0.2, 0) is 0 Å². The summed E-state index contributed by atoms with van der Waals surface area (Å²) in [4.78, 5) is 2.77. The Bertz CT molecular complexity index is 203. The number of rotatable bonds is 3. The maximum absolute atomic E-state index is 3.80. The molecule has 1 saturated heterocycles. The van der Waals surface area contributed by atoms with Crippen molar-refractivity contribution in [2.75, 3.05) is 25.0 Å². The quantitative estimate of drug-likeness (QED) is 0.689. The summed E-state index contributed by atoms with van der Waals surface area (Å²) >= 11 is 3.80. The van der Waals surface area contributed by atoms with Crippen LogP contribution in [0.3, 0.4) is 0 Å². The van der Waals surface area contributed by atoms with Crippen molar-refractivity contribution in [3.8, 4) is 0 Å². The molecule has 0 atom stereocenters. The van der Waals surface area contributed by atoms with Crippen LogP contribution in [0.2, 0.25) is 0 Å². The predicted octanol–water partition coefficient (Wildman–Crippen LogP) is 4.60. The number of nitrogens with zero attached hydrogens (tertiary/aromatic N) is 1. The molecule has 0 N–H and O–H groups in total. The first kappa shape index (κ1) is 13.9. The molecule has 2 heteroatoms. The lowest BCUT2D eigenvalue weighted by atomic mass is 9.75. The van der Waals surface area contributed by atoms with Gasteiger partial charge < -0.3 is 4.90 Å². The van der Waals surface area contributed by atoms with Crippen molar-refractivity contribution in [1.29, 1.82) is 0 Å². The zero-order valence-electron chi connectivity index (χ0n) is 11.2. The lowest BCUT2D eigenvalue weighted by Gasteiger charge is -2.40. The first-order valence-electron chi connectivity index (χ1n) is 7.63. The largest absolute Gasteiger partial charge is 0.303 e. The highest BCUT2D eigenvalue weighted by atomic mass is 79.9. The summed E-state index contributed by atoms with van der Waals surface area (Å²) in [6.45, 7) is 4.07. The molecule has 2 aliphatic rings. The average molecular weight is 302 g/mol. The summed E-state index contributed by atoms with van der Waals surface area (Å²) in [5.74, 6) is 0. The highest BCUT2D eigenvalue weighted by molar-refractivity contribution is 9.09. The maximum Gasteiger partial charge on any atom is 0.0100 e. The van der Waals surface area contributed by atoms with Crippen molar-refractivity contribution >= 4 is 15.9 Å². The van der Waals surface area contributed by atoms with Crippen molar-refractivity contribution in [3.63, 3.8) is 0 Å². The van der Waals surface area contributed by atoms with Crippen molar-refractivity contribution in [2.24, 2.45) is 5.41 Å². The zero-order chi connectivity index (χ0) is 12.0. The van der Waals surface area contributed by atoms with Crippen LogP contribution < -0.4 is 0 Å². The molecule has 0 aromatic carbocycles. The molecule has 0 spiro atoms. The Balaban J connectivity index is 1.86. The molecule has 1 aliphatic heterocycles. The molecule has 0 radical (unpaired) electrons. The van der Waals surface area contributed by atoms with Gasteiger partial charge in [0.25, 0.3) is 0 Å². The van der Waals surface area contributed by atoms with E-state index in [2.05, 4.69) is 20.8 Å². The third kappa shape index (κ3) is 4.24. The normalized spacial score (nSPS) is 27.4. The first-order valence-corrected chi connectivity index (χ1v) is 8.75. The summed E-state index contributed by atoms with van der Waals surface area (Å²) in [7, 11) is 0. The predicted molar refractivity (Wildman–Crippen MR) is 78.8 cm³/mol. The van der Waals surface area contributed by atoms with E-state index in [4.69, 9.17) is 0 Å². The zero-order valence-corrected chi connectivity index (χ0v) is 12.8. The molecule has 0 unspecified atom stereocenters. The minimum absolute atomic E-state index is 0.609. The fourth-order valence-electron chi connectivity index (χ4n) is 3.58. The van der Waals surface area contributed by atoms with Crippen LogP contribution in [0.5, 0.6) is 0 Å². The molecule has 0 bridgehead atoms. The van der Waals surface area contributed by atoms with Crippen LogP contribution >= 0.6 is 15.9 Å². The van der Waals surface area contributed by atoms with Crippen LogP contribution in [0, 0.1) is 5.41 Å². The SMILES string of the molecule is BrCC1(CN2CCCCCCC2)CCCCC1. The van der Waals surface area contributed by atoms with E-state index in [9.17, 15) is 0 Å². The minimum atomic E-state index is 0.609. The lowest BCUT2D eigenvalue weighted by Crippen LogP contribution is -2.41. The van der Waals surface area contributed by atoms with Gasteiger partial charge >= 0.3 is 0 Å². The number of alkyl halides is 1. The monoisotopic (exact) mass is 301 g/mol. The highest BCUT2D eigenvalue weighted by Crippen LogP contribution is 2.38. The van der Waals surface area contributed by atoms with Gasteiger partial charge in [0.15, 0.2) is 0 Å². The van der Waals surface area contributed by atoms with Gasteiger partial charge in [-0.25, -0.2) is 0 Å². The van der Waals surface area contributed by atoms with Gasteiger partial charge in [-0.3, -0.25) is 0 Å². The molecule has 2 rings (SSSR count). The van der Waals surface area contributed by atoms with E-state index in [1.807, 2.05) is 0 Å². The summed E-state index contributed by atoms with van der Waals surface area (Å²) in [6.07, 6.45) is 14.5. The average Bonchev–Trinajstić information content (AvgIpc) is 2.34. The summed E-state index contributed by atoms with van der Waals surface area (Å²) < 4.78 is 0. The second kappa shape index (κ2) is 7.13. The van der Waals surface area contributed by atoms with E-state index in [1.165, 1.54) is 89.2 Å². The fraction of sp³-hybridized carbons (Fsp3) is 1.00. The van der Waals surface area contributed by atoms with E-state index in [1.54, 1.807) is 0 Å². The lowest BCUT2D eigenvalue weighted by molar-refractivity contribution is 0.119. The van der Waals surface area contributed by atoms with Crippen LogP contribution in [-0.4, -0.2) is 29.9 Å². The molecule has 1 nitrogen and oxygen atoms in total. The van der Waals surface area contributed by atoms with Gasteiger partial charge in [0.1, 0.15) is 0 Å². The third-order valence-corrected chi connectivity index (χ3v) is 5.89. The summed E-state index contributed by atoms with van der Waals surface area (Å²) in [5, 5.41) is 1.22. The summed E-state index contributed by atoms with van der Waals surface area (Å²) in [5.41, 5.74) is 0.609. The number of halogens is 1. The molecule has 1 saturated carbocycles. The van der Waals surface area contributed by atoms with Gasteiger partial charge in [-0.2, -0.15) is 0 Å². The Morgan fingerprint density at radius 2 is 1.29 bits per heavy atom. The number of likely N-dealkylation sites (tertiary alicyclic amines) is 1. The summed E-state index contributed by atoms with van der Waals surface area (Å²) in [6, 6.07) is 0. The van der Waals surface area contributed by atoms with E-state index >= 15 is 0 Å². The Hall–Kier alpha value is 0.440. The van der Waals surface area contributed by atoms with Crippen molar-refractivity contribution in [3.05, 3.63) is 0 Å². The van der Waals surface area contributed by atoms with Gasteiger partial charge in [0, 0.05) is 11.9 Å². The molecule has 0 aromatic heterocycles. The molecule has 1 heterocycles. The minimum Gasteiger partial charge on any atom is -0.303 e. The third-order valence-electron chi connectivity index (χ3n) is 4.71. The van der Waals surface area contributed by atoms with Crippen LogP contribution in [0.25, 0.3) is 0 Å². The molecular weight excluding hydrogens is 274 g/mol. The van der Waals surface area contributed by atoms with Crippen LogP contribution in [0.4, 0.5) is 0 Å². The van der Waals surface area contributed by atoms with E-state index in [0.717, 1.165) is 0 Å². The Kier molecular flexibility index (Phi) is 5.82. The molecule has 17 heavy (non-hydrogen) atoms. The van der Waals surface area contributed by atoms with Gasteiger partial charge in [-0.05, 0) is 44.2 Å². The fourth-order valence-corrected chi connectivity index (χ4v) is 4.32. The van der Waals surface area contributed by atoms with Crippen LogP contribution in [0.15, 0.2) is 0 Å². The van der Waals surface area contributed by atoms with E-state index in [-0.39, 0.29) is 0 Å². The molecule has 2 fully saturated rings. The number of hydrogen-bond donors (Lipinski definition) is 0. The standard InChI is InChI=1S/C15H28BrN/c16-13-15(9-5-4-6-10-15)14-17-11-7-2-1-3-8-12-17/h1-14H2. The first-order chi connectivity index (χ1) is 8.35. The smallest absolute Gasteiger partial charge is 0.0100 e. The van der Waals surface area contributed by atoms with Gasteiger partial charge in [-0.15, -0.1) is 0 Å². The maximum atomic E-state index is 3.80.